The summed E-state index contributed by atoms with van der Waals surface area (Å²) in [5, 5.41) is 0. The minimum Gasteiger partial charge on any atom is -0.458 e. The van der Waals surface area contributed by atoms with Gasteiger partial charge in [0.2, 0.25) is 17.4 Å². The maximum absolute atomic E-state index is 6.69. The lowest BCUT2D eigenvalue weighted by Crippen LogP contribution is -2.51. The van der Waals surface area contributed by atoms with Gasteiger partial charge in [-0.05, 0) is 56.4 Å². The summed E-state index contributed by atoms with van der Waals surface area (Å²) < 4.78 is 11.8. The zero-order chi connectivity index (χ0) is 23.8. The van der Waals surface area contributed by atoms with Crippen LogP contribution in [0.1, 0.15) is 58.4 Å². The van der Waals surface area contributed by atoms with Crippen molar-refractivity contribution in [3.05, 3.63) is 101 Å². The molecule has 3 atom stereocenters. The molecule has 2 aliphatic heterocycles. The van der Waals surface area contributed by atoms with E-state index >= 15 is 0 Å². The lowest BCUT2D eigenvalue weighted by Gasteiger charge is -2.11. The summed E-state index contributed by atoms with van der Waals surface area (Å²) >= 11 is 0. The zero-order valence-corrected chi connectivity index (χ0v) is 20.6. The van der Waals surface area contributed by atoms with Crippen LogP contribution in [0.15, 0.2) is 71.5 Å². The quantitative estimate of drug-likeness (QED) is 0.275. The number of nitrogens with zero attached hydrogens (tertiary/aromatic N) is 3. The molecular weight excluding hydrogens is 442 g/mol. The minimum atomic E-state index is -0.203. The number of hydrogen-bond donors (Lipinski definition) is 0. The first-order valence-electron chi connectivity index (χ1n) is 13.3. The van der Waals surface area contributed by atoms with E-state index in [1.807, 2.05) is 0 Å². The summed E-state index contributed by atoms with van der Waals surface area (Å²) in [6.07, 6.45) is 11.4. The molecule has 4 aliphatic rings. The maximum atomic E-state index is 6.69. The maximum Gasteiger partial charge on any atom is 0.271 e. The van der Waals surface area contributed by atoms with E-state index in [-0.39, 0.29) is 5.54 Å². The average Bonchev–Trinajstić information content (AvgIpc) is 3.36. The minimum absolute atomic E-state index is 0.203. The summed E-state index contributed by atoms with van der Waals surface area (Å²) in [5.74, 6) is 1.51. The number of aromatic nitrogens is 3. The van der Waals surface area contributed by atoms with Crippen LogP contribution in [-0.2, 0) is 18.4 Å². The predicted octanol–water partition coefficient (Wildman–Crippen LogP) is 5.64. The molecule has 4 nitrogen and oxygen atoms in total. The van der Waals surface area contributed by atoms with E-state index in [0.717, 1.165) is 29.7 Å². The van der Waals surface area contributed by atoms with E-state index in [9.17, 15) is 0 Å². The third kappa shape index (κ3) is 2.05. The van der Waals surface area contributed by atoms with Gasteiger partial charge in [-0.1, -0.05) is 18.2 Å². The molecule has 36 heavy (non-hydrogen) atoms. The van der Waals surface area contributed by atoms with E-state index in [4.69, 9.17) is 9.40 Å². The van der Waals surface area contributed by atoms with Crippen molar-refractivity contribution < 1.29 is 13.6 Å². The lowest BCUT2D eigenvalue weighted by atomic mass is 9.93. The second-order valence-electron chi connectivity index (χ2n) is 11.2. The molecule has 1 spiro atoms. The number of benzene rings is 1. The molecule has 9 rings (SSSR count). The zero-order valence-electron chi connectivity index (χ0n) is 20.6. The van der Waals surface area contributed by atoms with Crippen molar-refractivity contribution in [3.8, 4) is 22.5 Å². The lowest BCUT2D eigenvalue weighted by molar-refractivity contribution is -0.772. The van der Waals surface area contributed by atoms with Crippen LogP contribution in [0.25, 0.3) is 33.6 Å². The fourth-order valence-electron chi connectivity index (χ4n) is 7.80. The third-order valence-electron chi connectivity index (χ3n) is 9.50. The molecule has 4 heteroatoms. The van der Waals surface area contributed by atoms with E-state index in [1.54, 1.807) is 0 Å². The smallest absolute Gasteiger partial charge is 0.271 e. The normalized spacial score (nSPS) is 24.1. The van der Waals surface area contributed by atoms with Crippen molar-refractivity contribution in [2.24, 2.45) is 0 Å². The second kappa shape index (κ2) is 6.31. The molecule has 3 unspecified atom stereocenters. The highest BCUT2D eigenvalue weighted by Crippen LogP contribution is 2.70. The van der Waals surface area contributed by atoms with Crippen LogP contribution in [0, 0.1) is 13.8 Å². The van der Waals surface area contributed by atoms with Crippen molar-refractivity contribution in [2.45, 2.75) is 57.0 Å². The molecule has 1 aromatic carbocycles. The van der Waals surface area contributed by atoms with Crippen LogP contribution in [0.5, 0.6) is 0 Å². The van der Waals surface area contributed by atoms with Crippen molar-refractivity contribution in [3.63, 3.8) is 0 Å². The highest BCUT2D eigenvalue weighted by atomic mass is 16.3. The largest absolute Gasteiger partial charge is 0.458 e. The molecule has 6 heterocycles. The molecule has 174 valence electrons. The molecule has 0 N–H and O–H groups in total. The van der Waals surface area contributed by atoms with Gasteiger partial charge in [0.1, 0.15) is 22.8 Å². The van der Waals surface area contributed by atoms with Crippen LogP contribution >= 0.6 is 0 Å². The summed E-state index contributed by atoms with van der Waals surface area (Å²) in [6.45, 7) is 4.46. The Balaban J connectivity index is 1.42. The number of rotatable bonds is 0. The van der Waals surface area contributed by atoms with Crippen LogP contribution in [0.4, 0.5) is 0 Å². The molecule has 0 bridgehead atoms. The summed E-state index contributed by atoms with van der Waals surface area (Å²) in [5.41, 5.74) is 13.8. The van der Waals surface area contributed by atoms with Crippen molar-refractivity contribution in [1.29, 1.82) is 0 Å². The fourth-order valence-corrected chi connectivity index (χ4v) is 7.80. The summed E-state index contributed by atoms with van der Waals surface area (Å²) in [6, 6.07) is 18.3. The Bertz CT molecular complexity index is 1740. The van der Waals surface area contributed by atoms with E-state index in [2.05, 4.69) is 90.1 Å². The number of pyridine rings is 3. The van der Waals surface area contributed by atoms with Gasteiger partial charge in [-0.15, -0.1) is 0 Å². The SMILES string of the molecule is Cc1cc2[n+](cc1C)C1(c3cnc4c5c(oc4c3-2)CCCC5)C2c3ccccc3-c3cccc[n+]3C21. The van der Waals surface area contributed by atoms with Crippen LogP contribution < -0.4 is 9.13 Å². The molecule has 1 saturated carbocycles. The Hall–Kier alpha value is -3.79. The van der Waals surface area contributed by atoms with Gasteiger partial charge in [0.05, 0.1) is 11.1 Å². The standard InChI is InChI=1S/C32H27N3O/c1-18-15-25-27-23(16-33-29-22-11-5-6-13-26(22)36-30(27)29)32(35(25)17-19(18)2)28-21-10-4-3-9-20(21)24-12-7-8-14-34(24)31(28)32/h3-4,7-10,12,14-17,28,31H,5-6,11,13H2,1-2H3/q+2. The first-order valence-corrected chi connectivity index (χ1v) is 13.3. The molecule has 5 aromatic rings. The topological polar surface area (TPSA) is 33.8 Å². The van der Waals surface area contributed by atoms with Crippen molar-refractivity contribution in [1.82, 2.24) is 4.98 Å². The van der Waals surface area contributed by atoms with Gasteiger partial charge < -0.3 is 4.42 Å². The Kier molecular flexibility index (Phi) is 3.40. The van der Waals surface area contributed by atoms with Crippen molar-refractivity contribution >= 4 is 11.1 Å². The Morgan fingerprint density at radius 1 is 0.972 bits per heavy atom. The molecule has 0 saturated heterocycles. The van der Waals surface area contributed by atoms with Gasteiger partial charge in [-0.3, -0.25) is 4.98 Å². The van der Waals surface area contributed by atoms with Gasteiger partial charge in [-0.2, -0.15) is 9.13 Å². The average molecular weight is 470 g/mol. The molecule has 0 radical (unpaired) electrons. The molecule has 0 amide bonds. The Labute approximate surface area is 209 Å². The fraction of sp³-hybridized carbons (Fsp3) is 0.281. The summed E-state index contributed by atoms with van der Waals surface area (Å²) in [7, 11) is 0. The highest BCUT2D eigenvalue weighted by molar-refractivity contribution is 5.95. The van der Waals surface area contributed by atoms with Crippen LogP contribution in [-0.4, -0.2) is 4.98 Å². The van der Waals surface area contributed by atoms with E-state index in [0.29, 0.717) is 12.0 Å². The van der Waals surface area contributed by atoms with E-state index < -0.39 is 0 Å². The van der Waals surface area contributed by atoms with Crippen LogP contribution in [0.3, 0.4) is 0 Å². The van der Waals surface area contributed by atoms with Crippen LogP contribution in [0.2, 0.25) is 0 Å². The number of aryl methyl sites for hydroxylation is 4. The molecular formula is C32H27N3O+2. The first kappa shape index (κ1) is 19.4. The molecule has 2 aliphatic carbocycles. The highest BCUT2D eigenvalue weighted by Gasteiger charge is 2.86. The van der Waals surface area contributed by atoms with Gasteiger partial charge in [0.25, 0.3) is 5.54 Å². The predicted molar refractivity (Wildman–Crippen MR) is 137 cm³/mol. The van der Waals surface area contributed by atoms with Gasteiger partial charge in [0.15, 0.2) is 18.0 Å². The number of furan rings is 1. The third-order valence-corrected chi connectivity index (χ3v) is 9.50. The van der Waals surface area contributed by atoms with E-state index in [1.165, 1.54) is 63.2 Å². The van der Waals surface area contributed by atoms with Gasteiger partial charge in [0, 0.05) is 41.9 Å². The molecule has 4 aromatic heterocycles. The summed E-state index contributed by atoms with van der Waals surface area (Å²) in [4.78, 5) is 5.14. The monoisotopic (exact) mass is 469 g/mol. The Morgan fingerprint density at radius 2 is 1.83 bits per heavy atom. The second-order valence-corrected chi connectivity index (χ2v) is 11.2. The number of hydrogen-bond acceptors (Lipinski definition) is 2. The van der Waals surface area contributed by atoms with Gasteiger partial charge in [-0.25, -0.2) is 0 Å². The van der Waals surface area contributed by atoms with Crippen molar-refractivity contribution in [2.75, 3.05) is 0 Å². The van der Waals surface area contributed by atoms with Gasteiger partial charge >= 0.3 is 0 Å². The molecule has 1 fully saturated rings. The Morgan fingerprint density at radius 3 is 2.78 bits per heavy atom. The first-order chi connectivity index (χ1) is 17.7. The number of fused-ring (bicyclic) bond motifs is 17.